The van der Waals surface area contributed by atoms with Crippen molar-refractivity contribution in [3.05, 3.63) is 29.6 Å². The molecule has 1 amide bonds. The largest absolute Gasteiger partial charge is 0.494 e. The molecule has 4 nitrogen and oxygen atoms in total. The van der Waals surface area contributed by atoms with E-state index >= 15 is 0 Å². The van der Waals surface area contributed by atoms with E-state index in [9.17, 15) is 9.18 Å². The summed E-state index contributed by atoms with van der Waals surface area (Å²) in [6, 6.07) is 4.99. The van der Waals surface area contributed by atoms with Crippen molar-refractivity contribution >= 4 is 5.91 Å². The Hall–Kier alpha value is -1.62. The van der Waals surface area contributed by atoms with Crippen molar-refractivity contribution in [3.8, 4) is 5.75 Å². The maximum absolute atomic E-state index is 13.6. The van der Waals surface area contributed by atoms with E-state index in [4.69, 9.17) is 4.74 Å². The second-order valence-corrected chi connectivity index (χ2v) is 4.99. The average Bonchev–Trinajstić information content (AvgIpc) is 2.37. The smallest absolute Gasteiger partial charge is 0.234 e. The Kier molecular flexibility index (Phi) is 6.45. The Bertz CT molecular complexity index is 449. The highest BCUT2D eigenvalue weighted by Gasteiger charge is 2.11. The number of amides is 1. The molecule has 0 atom stereocenters. The first kappa shape index (κ1) is 16.4. The lowest BCUT2D eigenvalue weighted by molar-refractivity contribution is -0.122. The van der Waals surface area contributed by atoms with E-state index in [0.717, 1.165) is 12.1 Å². The lowest BCUT2D eigenvalue weighted by Gasteiger charge is -2.21. The van der Waals surface area contributed by atoms with Gasteiger partial charge < -0.3 is 10.1 Å². The first-order valence-corrected chi connectivity index (χ1v) is 6.80. The van der Waals surface area contributed by atoms with Gasteiger partial charge in [0.15, 0.2) is 11.6 Å². The van der Waals surface area contributed by atoms with E-state index < -0.39 is 0 Å². The number of carbonyl (C=O) groups is 1. The molecule has 0 fully saturated rings. The molecule has 1 aromatic rings. The molecule has 1 aromatic carbocycles. The summed E-state index contributed by atoms with van der Waals surface area (Å²) >= 11 is 0. The summed E-state index contributed by atoms with van der Waals surface area (Å²) in [5, 5.41) is 2.85. The maximum atomic E-state index is 13.6. The molecule has 0 aliphatic heterocycles. The van der Waals surface area contributed by atoms with Crippen molar-refractivity contribution in [3.63, 3.8) is 0 Å². The number of benzene rings is 1. The van der Waals surface area contributed by atoms with Crippen LogP contribution in [-0.4, -0.2) is 37.0 Å². The van der Waals surface area contributed by atoms with Crippen LogP contribution in [0.5, 0.6) is 5.75 Å². The average molecular weight is 282 g/mol. The standard InChI is InChI=1S/C15H23FN2O2/c1-5-18(10-15(19)17-11(2)3)9-12-6-7-14(20-4)13(16)8-12/h6-8,11H,5,9-10H2,1-4H3,(H,17,19). The number of halogens is 1. The number of nitrogens with zero attached hydrogens (tertiary/aromatic N) is 1. The van der Waals surface area contributed by atoms with Crippen LogP contribution < -0.4 is 10.1 Å². The second-order valence-electron chi connectivity index (χ2n) is 4.99. The first-order chi connectivity index (χ1) is 9.46. The van der Waals surface area contributed by atoms with Crippen LogP contribution in [0.25, 0.3) is 0 Å². The van der Waals surface area contributed by atoms with Gasteiger partial charge in [0.2, 0.25) is 5.91 Å². The lowest BCUT2D eigenvalue weighted by Crippen LogP contribution is -2.39. The summed E-state index contributed by atoms with van der Waals surface area (Å²) in [4.78, 5) is 13.7. The summed E-state index contributed by atoms with van der Waals surface area (Å²) in [5.74, 6) is -0.169. The zero-order valence-corrected chi connectivity index (χ0v) is 12.6. The monoisotopic (exact) mass is 282 g/mol. The number of nitrogens with one attached hydrogen (secondary N) is 1. The van der Waals surface area contributed by atoms with E-state index in [1.807, 2.05) is 31.7 Å². The Morgan fingerprint density at radius 3 is 2.65 bits per heavy atom. The van der Waals surface area contributed by atoms with Crippen molar-refractivity contribution in [2.45, 2.75) is 33.4 Å². The van der Waals surface area contributed by atoms with Gasteiger partial charge in [-0.05, 0) is 38.1 Å². The fourth-order valence-electron chi connectivity index (χ4n) is 1.92. The highest BCUT2D eigenvalue weighted by atomic mass is 19.1. The number of carbonyl (C=O) groups excluding carboxylic acids is 1. The molecule has 0 aliphatic carbocycles. The molecule has 0 bridgehead atoms. The third-order valence-electron chi connectivity index (χ3n) is 2.89. The van der Waals surface area contributed by atoms with Crippen LogP contribution in [0.3, 0.4) is 0 Å². The molecule has 0 heterocycles. The molecule has 0 aromatic heterocycles. The van der Waals surface area contributed by atoms with Gasteiger partial charge in [0.25, 0.3) is 0 Å². The topological polar surface area (TPSA) is 41.6 Å². The zero-order chi connectivity index (χ0) is 15.1. The minimum absolute atomic E-state index is 0.0177. The minimum Gasteiger partial charge on any atom is -0.494 e. The summed E-state index contributed by atoms with van der Waals surface area (Å²) in [6.45, 7) is 7.38. The summed E-state index contributed by atoms with van der Waals surface area (Å²) in [5.41, 5.74) is 0.822. The molecule has 0 spiro atoms. The molecule has 1 rings (SSSR count). The molecule has 0 radical (unpaired) electrons. The number of hydrogen-bond donors (Lipinski definition) is 1. The Balaban J connectivity index is 2.64. The number of ether oxygens (including phenoxy) is 1. The summed E-state index contributed by atoms with van der Waals surface area (Å²) in [7, 11) is 1.44. The van der Waals surface area contributed by atoms with E-state index in [-0.39, 0.29) is 23.5 Å². The molecule has 0 unspecified atom stereocenters. The maximum Gasteiger partial charge on any atom is 0.234 e. The van der Waals surface area contributed by atoms with Crippen LogP contribution in [0.4, 0.5) is 4.39 Å². The highest BCUT2D eigenvalue weighted by molar-refractivity contribution is 5.78. The van der Waals surface area contributed by atoms with Gasteiger partial charge in [0.05, 0.1) is 13.7 Å². The van der Waals surface area contributed by atoms with Crippen molar-refractivity contribution < 1.29 is 13.9 Å². The number of methoxy groups -OCH3 is 1. The summed E-state index contributed by atoms with van der Waals surface area (Å²) < 4.78 is 18.5. The number of rotatable bonds is 7. The predicted molar refractivity (Wildman–Crippen MR) is 77.2 cm³/mol. The summed E-state index contributed by atoms with van der Waals surface area (Å²) in [6.07, 6.45) is 0. The third-order valence-corrected chi connectivity index (χ3v) is 2.89. The zero-order valence-electron chi connectivity index (χ0n) is 12.6. The molecule has 1 N–H and O–H groups in total. The Morgan fingerprint density at radius 2 is 2.15 bits per heavy atom. The van der Waals surface area contributed by atoms with Gasteiger partial charge in [-0.1, -0.05) is 13.0 Å². The van der Waals surface area contributed by atoms with E-state index in [2.05, 4.69) is 5.32 Å². The Labute approximate surface area is 119 Å². The van der Waals surface area contributed by atoms with Crippen LogP contribution >= 0.6 is 0 Å². The van der Waals surface area contributed by atoms with Gasteiger partial charge in [-0.15, -0.1) is 0 Å². The quantitative estimate of drug-likeness (QED) is 0.833. The second kappa shape index (κ2) is 7.85. The van der Waals surface area contributed by atoms with E-state index in [0.29, 0.717) is 13.1 Å². The number of likely N-dealkylation sites (N-methyl/N-ethyl adjacent to an activating group) is 1. The molecule has 20 heavy (non-hydrogen) atoms. The van der Waals surface area contributed by atoms with Crippen LogP contribution in [0.2, 0.25) is 0 Å². The van der Waals surface area contributed by atoms with Crippen molar-refractivity contribution in [2.75, 3.05) is 20.2 Å². The first-order valence-electron chi connectivity index (χ1n) is 6.80. The van der Waals surface area contributed by atoms with Gasteiger partial charge in [0.1, 0.15) is 0 Å². The molecule has 0 saturated carbocycles. The van der Waals surface area contributed by atoms with Crippen LogP contribution in [0.15, 0.2) is 18.2 Å². The molecular formula is C15H23FN2O2. The fraction of sp³-hybridized carbons (Fsp3) is 0.533. The van der Waals surface area contributed by atoms with Gasteiger partial charge in [-0.25, -0.2) is 4.39 Å². The molecular weight excluding hydrogens is 259 g/mol. The highest BCUT2D eigenvalue weighted by Crippen LogP contribution is 2.18. The van der Waals surface area contributed by atoms with E-state index in [1.165, 1.54) is 13.2 Å². The fourth-order valence-corrected chi connectivity index (χ4v) is 1.92. The van der Waals surface area contributed by atoms with Crippen LogP contribution in [0.1, 0.15) is 26.3 Å². The third kappa shape index (κ3) is 5.17. The predicted octanol–water partition coefficient (Wildman–Crippen LogP) is 2.18. The molecule has 112 valence electrons. The van der Waals surface area contributed by atoms with Gasteiger partial charge in [-0.3, -0.25) is 9.69 Å². The SMILES string of the molecule is CCN(CC(=O)NC(C)C)Cc1ccc(OC)c(F)c1. The Morgan fingerprint density at radius 1 is 1.45 bits per heavy atom. The molecule has 0 aliphatic rings. The molecule has 5 heteroatoms. The van der Waals surface area contributed by atoms with Gasteiger partial charge in [0, 0.05) is 12.6 Å². The lowest BCUT2D eigenvalue weighted by atomic mass is 10.2. The number of hydrogen-bond acceptors (Lipinski definition) is 3. The van der Waals surface area contributed by atoms with Crippen molar-refractivity contribution in [1.29, 1.82) is 0 Å². The van der Waals surface area contributed by atoms with Crippen LogP contribution in [0, 0.1) is 5.82 Å². The van der Waals surface area contributed by atoms with E-state index in [1.54, 1.807) is 6.07 Å². The molecule has 0 saturated heterocycles. The van der Waals surface area contributed by atoms with Crippen LogP contribution in [-0.2, 0) is 11.3 Å². The normalized spacial score (nSPS) is 10.9. The van der Waals surface area contributed by atoms with Crippen molar-refractivity contribution in [1.82, 2.24) is 10.2 Å². The van der Waals surface area contributed by atoms with Crippen molar-refractivity contribution in [2.24, 2.45) is 0 Å². The minimum atomic E-state index is -0.382. The van der Waals surface area contributed by atoms with Gasteiger partial charge in [-0.2, -0.15) is 0 Å². The van der Waals surface area contributed by atoms with Gasteiger partial charge >= 0.3 is 0 Å².